The molecule has 6 nitrogen and oxygen atoms in total. The fourth-order valence-electron chi connectivity index (χ4n) is 2.76. The second-order valence-electron chi connectivity index (χ2n) is 5.87. The number of halogens is 1. The van der Waals surface area contributed by atoms with Gasteiger partial charge in [0, 0.05) is 25.7 Å². The highest BCUT2D eigenvalue weighted by Gasteiger charge is 2.30. The van der Waals surface area contributed by atoms with E-state index >= 15 is 0 Å². The van der Waals surface area contributed by atoms with Crippen LogP contribution in [0.3, 0.4) is 0 Å². The molecule has 0 aromatic carbocycles. The Balaban J connectivity index is 1.84. The van der Waals surface area contributed by atoms with Crippen molar-refractivity contribution in [3.05, 3.63) is 23.1 Å². The summed E-state index contributed by atoms with van der Waals surface area (Å²) in [5.74, 6) is -0.158. The van der Waals surface area contributed by atoms with Crippen LogP contribution in [0.5, 0.6) is 0 Å². The van der Waals surface area contributed by atoms with E-state index in [1.54, 1.807) is 11.9 Å². The first-order chi connectivity index (χ1) is 10.4. The molecule has 22 heavy (non-hydrogen) atoms. The molecule has 1 saturated heterocycles. The van der Waals surface area contributed by atoms with Gasteiger partial charge in [-0.3, -0.25) is 14.5 Å². The second-order valence-corrected chi connectivity index (χ2v) is 6.24. The molecule has 0 saturated carbocycles. The molecule has 0 spiro atoms. The van der Waals surface area contributed by atoms with Crippen molar-refractivity contribution < 1.29 is 14.0 Å². The largest absolute Gasteiger partial charge is 0.452 e. The standard InChI is InChI=1S/C15H22ClN3O3/c1-10(17-14(20)11-7-13(16)22-9-11)8-19(3)15(21)12-5-4-6-18(12)2/h7,9-10,12H,4-6,8H2,1-3H3,(H,17,20)/t10?,12-/m0/s1. The normalized spacial score (nSPS) is 19.9. The third kappa shape index (κ3) is 4.01. The molecule has 1 unspecified atom stereocenters. The summed E-state index contributed by atoms with van der Waals surface area (Å²) in [7, 11) is 3.74. The molecule has 1 N–H and O–H groups in total. The van der Waals surface area contributed by atoms with Crippen molar-refractivity contribution in [2.45, 2.75) is 31.8 Å². The summed E-state index contributed by atoms with van der Waals surface area (Å²) in [6, 6.07) is 1.26. The van der Waals surface area contributed by atoms with Crippen molar-refractivity contribution in [3.8, 4) is 0 Å². The number of furan rings is 1. The molecule has 0 aliphatic carbocycles. The van der Waals surface area contributed by atoms with Gasteiger partial charge < -0.3 is 14.6 Å². The molecule has 0 bridgehead atoms. The van der Waals surface area contributed by atoms with Crippen LogP contribution in [0.2, 0.25) is 5.22 Å². The Hall–Kier alpha value is -1.53. The maximum absolute atomic E-state index is 12.4. The van der Waals surface area contributed by atoms with Crippen molar-refractivity contribution >= 4 is 23.4 Å². The van der Waals surface area contributed by atoms with Crippen LogP contribution in [0.1, 0.15) is 30.1 Å². The molecule has 122 valence electrons. The molecule has 1 aromatic rings. The second kappa shape index (κ2) is 7.15. The van der Waals surface area contributed by atoms with E-state index in [1.807, 2.05) is 14.0 Å². The van der Waals surface area contributed by atoms with Crippen molar-refractivity contribution in [3.63, 3.8) is 0 Å². The van der Waals surface area contributed by atoms with Gasteiger partial charge in [0.25, 0.3) is 5.91 Å². The Bertz CT molecular complexity index is 546. The summed E-state index contributed by atoms with van der Waals surface area (Å²) in [5, 5.41) is 3.01. The molecule has 2 amide bonds. The molecule has 0 radical (unpaired) electrons. The van der Waals surface area contributed by atoms with E-state index in [-0.39, 0.29) is 29.1 Å². The molecule has 1 aromatic heterocycles. The first-order valence-corrected chi connectivity index (χ1v) is 7.76. The zero-order valence-corrected chi connectivity index (χ0v) is 13.9. The number of rotatable bonds is 5. The summed E-state index contributed by atoms with van der Waals surface area (Å²) in [6.45, 7) is 3.28. The lowest BCUT2D eigenvalue weighted by Gasteiger charge is -2.27. The zero-order chi connectivity index (χ0) is 16.3. The van der Waals surface area contributed by atoms with Gasteiger partial charge in [0.05, 0.1) is 11.6 Å². The Morgan fingerprint density at radius 2 is 2.32 bits per heavy atom. The van der Waals surface area contributed by atoms with Crippen LogP contribution in [0.25, 0.3) is 0 Å². The highest BCUT2D eigenvalue weighted by Crippen LogP contribution is 2.17. The summed E-state index contributed by atoms with van der Waals surface area (Å²) in [5.41, 5.74) is 0.376. The third-order valence-electron chi connectivity index (χ3n) is 3.94. The number of hydrogen-bond donors (Lipinski definition) is 1. The average molecular weight is 328 g/mol. The molecule has 1 aliphatic rings. The van der Waals surface area contributed by atoms with Crippen molar-refractivity contribution in [2.75, 3.05) is 27.2 Å². The molecule has 2 heterocycles. The quantitative estimate of drug-likeness (QED) is 0.892. The van der Waals surface area contributed by atoms with Gasteiger partial charge >= 0.3 is 0 Å². The zero-order valence-electron chi connectivity index (χ0n) is 13.1. The average Bonchev–Trinajstić information content (AvgIpc) is 3.06. The van der Waals surface area contributed by atoms with Crippen molar-refractivity contribution in [1.29, 1.82) is 0 Å². The monoisotopic (exact) mass is 327 g/mol. The predicted molar refractivity (Wildman–Crippen MR) is 83.9 cm³/mol. The SMILES string of the molecule is CC(CN(C)C(=O)[C@@H]1CCCN1C)NC(=O)c1coc(Cl)c1. The van der Waals surface area contributed by atoms with Gasteiger partial charge in [0.1, 0.15) is 6.26 Å². The van der Waals surface area contributed by atoms with Crippen LogP contribution in [-0.4, -0.2) is 60.9 Å². The number of likely N-dealkylation sites (N-methyl/N-ethyl adjacent to an activating group) is 2. The molecule has 2 atom stereocenters. The number of carbonyl (C=O) groups excluding carboxylic acids is 2. The van der Waals surface area contributed by atoms with Crippen LogP contribution < -0.4 is 5.32 Å². The van der Waals surface area contributed by atoms with Gasteiger partial charge in [-0.25, -0.2) is 0 Å². The summed E-state index contributed by atoms with van der Waals surface area (Å²) in [6.07, 6.45) is 3.26. The number of nitrogens with one attached hydrogen (secondary N) is 1. The smallest absolute Gasteiger partial charge is 0.254 e. The Morgan fingerprint density at radius 1 is 1.59 bits per heavy atom. The van der Waals surface area contributed by atoms with E-state index in [0.717, 1.165) is 19.4 Å². The molecule has 1 aliphatic heterocycles. The fraction of sp³-hybridized carbons (Fsp3) is 0.600. The number of hydrogen-bond acceptors (Lipinski definition) is 4. The highest BCUT2D eigenvalue weighted by atomic mass is 35.5. The first-order valence-electron chi connectivity index (χ1n) is 7.38. The molecule has 1 fully saturated rings. The van der Waals surface area contributed by atoms with Crippen LogP contribution in [-0.2, 0) is 4.79 Å². The summed E-state index contributed by atoms with van der Waals surface area (Å²) >= 11 is 5.65. The van der Waals surface area contributed by atoms with Crippen LogP contribution in [0, 0.1) is 0 Å². The number of nitrogens with zero attached hydrogens (tertiary/aromatic N) is 2. The minimum Gasteiger partial charge on any atom is -0.452 e. The Morgan fingerprint density at radius 3 is 2.86 bits per heavy atom. The van der Waals surface area contributed by atoms with Crippen LogP contribution >= 0.6 is 11.6 Å². The molecule has 7 heteroatoms. The van der Waals surface area contributed by atoms with Crippen LogP contribution in [0.4, 0.5) is 0 Å². The third-order valence-corrected chi connectivity index (χ3v) is 4.13. The van der Waals surface area contributed by atoms with E-state index in [4.69, 9.17) is 16.0 Å². The van der Waals surface area contributed by atoms with Crippen LogP contribution in [0.15, 0.2) is 16.7 Å². The van der Waals surface area contributed by atoms with E-state index in [1.165, 1.54) is 12.3 Å². The summed E-state index contributed by atoms with van der Waals surface area (Å²) < 4.78 is 4.90. The first kappa shape index (κ1) is 16.8. The Labute approximate surface area is 135 Å². The minimum atomic E-state index is -0.262. The number of amides is 2. The Kier molecular flexibility index (Phi) is 5.47. The van der Waals surface area contributed by atoms with Crippen molar-refractivity contribution in [2.24, 2.45) is 0 Å². The van der Waals surface area contributed by atoms with Gasteiger partial charge in [-0.2, -0.15) is 0 Å². The maximum atomic E-state index is 12.4. The van der Waals surface area contributed by atoms with E-state index in [0.29, 0.717) is 12.1 Å². The van der Waals surface area contributed by atoms with Gasteiger partial charge in [0.2, 0.25) is 5.91 Å². The maximum Gasteiger partial charge on any atom is 0.254 e. The van der Waals surface area contributed by atoms with Gasteiger partial charge in [-0.15, -0.1) is 0 Å². The molecule has 2 rings (SSSR count). The van der Waals surface area contributed by atoms with Gasteiger partial charge in [-0.1, -0.05) is 0 Å². The fourth-order valence-corrected chi connectivity index (χ4v) is 2.92. The van der Waals surface area contributed by atoms with Crippen molar-refractivity contribution in [1.82, 2.24) is 15.1 Å². The number of likely N-dealkylation sites (tertiary alicyclic amines) is 1. The minimum absolute atomic E-state index is 0.0411. The topological polar surface area (TPSA) is 65.8 Å². The highest BCUT2D eigenvalue weighted by molar-refractivity contribution is 6.29. The van der Waals surface area contributed by atoms with E-state index < -0.39 is 0 Å². The predicted octanol–water partition coefficient (Wildman–Crippen LogP) is 1.60. The van der Waals surface area contributed by atoms with E-state index in [9.17, 15) is 9.59 Å². The number of carbonyl (C=O) groups is 2. The van der Waals surface area contributed by atoms with Gasteiger partial charge in [0.15, 0.2) is 5.22 Å². The summed E-state index contributed by atoms with van der Waals surface area (Å²) in [4.78, 5) is 28.1. The lowest BCUT2D eigenvalue weighted by atomic mass is 10.2. The molecular weight excluding hydrogens is 306 g/mol. The lowest BCUT2D eigenvalue weighted by Crippen LogP contribution is -2.48. The molecular formula is C15H22ClN3O3. The van der Waals surface area contributed by atoms with Gasteiger partial charge in [-0.05, 0) is 45.0 Å². The van der Waals surface area contributed by atoms with E-state index in [2.05, 4.69) is 10.2 Å². The lowest BCUT2D eigenvalue weighted by molar-refractivity contribution is -0.134.